The average molecular weight is 301 g/mol. The van der Waals surface area contributed by atoms with Crippen LogP contribution in [-0.4, -0.2) is 55.3 Å². The van der Waals surface area contributed by atoms with E-state index in [2.05, 4.69) is 10.00 Å². The fourth-order valence-corrected chi connectivity index (χ4v) is 3.55. The summed E-state index contributed by atoms with van der Waals surface area (Å²) in [6, 6.07) is 0.209. The molecule has 0 saturated carbocycles. The lowest BCUT2D eigenvalue weighted by Crippen LogP contribution is -2.29. The second-order valence-corrected chi connectivity index (χ2v) is 7.72. The summed E-state index contributed by atoms with van der Waals surface area (Å²) in [5.74, 6) is 0.976. The molecule has 1 aromatic rings. The highest BCUT2D eigenvalue weighted by atomic mass is 32.2. The van der Waals surface area contributed by atoms with Crippen molar-refractivity contribution in [2.24, 2.45) is 7.05 Å². The van der Waals surface area contributed by atoms with Gasteiger partial charge < -0.3 is 4.74 Å². The second-order valence-electron chi connectivity index (χ2n) is 5.46. The maximum absolute atomic E-state index is 11.4. The van der Waals surface area contributed by atoms with E-state index in [0.29, 0.717) is 6.54 Å². The molecule has 0 unspecified atom stereocenters. The van der Waals surface area contributed by atoms with Crippen LogP contribution in [0.2, 0.25) is 0 Å². The summed E-state index contributed by atoms with van der Waals surface area (Å²) in [6.45, 7) is 3.48. The Hall–Kier alpha value is -1.08. The van der Waals surface area contributed by atoms with Crippen LogP contribution < -0.4 is 4.74 Å². The molecule has 0 radical (unpaired) electrons. The van der Waals surface area contributed by atoms with Gasteiger partial charge in [0.1, 0.15) is 9.84 Å². The van der Waals surface area contributed by atoms with Gasteiger partial charge in [-0.1, -0.05) is 0 Å². The summed E-state index contributed by atoms with van der Waals surface area (Å²) < 4.78 is 29.9. The number of aryl methyl sites for hydroxylation is 2. The molecule has 1 aliphatic rings. The number of methoxy groups -OCH3 is 1. The van der Waals surface area contributed by atoms with Crippen molar-refractivity contribution in [3.63, 3.8) is 0 Å². The van der Waals surface area contributed by atoms with E-state index in [9.17, 15) is 8.42 Å². The first-order valence-corrected chi connectivity index (χ1v) is 8.89. The Bertz CT molecular complexity index is 580. The van der Waals surface area contributed by atoms with E-state index in [0.717, 1.165) is 36.5 Å². The van der Waals surface area contributed by atoms with Crippen LogP contribution in [0.5, 0.6) is 5.88 Å². The quantitative estimate of drug-likeness (QED) is 0.809. The lowest BCUT2D eigenvalue weighted by atomic mass is 10.1. The van der Waals surface area contributed by atoms with E-state index in [1.807, 2.05) is 14.0 Å². The van der Waals surface area contributed by atoms with Crippen molar-refractivity contribution in [1.82, 2.24) is 14.7 Å². The molecule has 0 spiro atoms. The zero-order chi connectivity index (χ0) is 14.9. The van der Waals surface area contributed by atoms with Crippen molar-refractivity contribution >= 4 is 9.84 Å². The highest BCUT2D eigenvalue weighted by molar-refractivity contribution is 7.90. The van der Waals surface area contributed by atoms with Gasteiger partial charge in [-0.3, -0.25) is 4.90 Å². The third kappa shape index (κ3) is 3.15. The second kappa shape index (κ2) is 5.73. The van der Waals surface area contributed by atoms with Gasteiger partial charge in [0, 0.05) is 25.9 Å². The molecule has 1 aromatic heterocycles. The molecular weight excluding hydrogens is 278 g/mol. The normalized spacial score (nSPS) is 20.5. The van der Waals surface area contributed by atoms with Crippen LogP contribution in [0.1, 0.15) is 30.1 Å². The van der Waals surface area contributed by atoms with Crippen molar-refractivity contribution in [3.8, 4) is 5.88 Å². The standard InChI is InChI=1S/C13H23N3O3S/c1-10-12(13(19-3)15(2)14-10)11-6-5-7-16(11)8-9-20(4,17)18/h11H,5-9H2,1-4H3/t11-/m0/s1. The van der Waals surface area contributed by atoms with Gasteiger partial charge in [0.2, 0.25) is 5.88 Å². The molecule has 1 aliphatic heterocycles. The minimum Gasteiger partial charge on any atom is -0.481 e. The predicted octanol–water partition coefficient (Wildman–Crippen LogP) is 0.919. The molecule has 2 rings (SSSR count). The van der Waals surface area contributed by atoms with Crippen LogP contribution in [0.3, 0.4) is 0 Å². The number of hydrogen-bond acceptors (Lipinski definition) is 5. The van der Waals surface area contributed by atoms with Crippen LogP contribution in [0, 0.1) is 6.92 Å². The first-order valence-electron chi connectivity index (χ1n) is 6.82. The fourth-order valence-electron chi connectivity index (χ4n) is 2.98. The van der Waals surface area contributed by atoms with E-state index < -0.39 is 9.84 Å². The van der Waals surface area contributed by atoms with Crippen LogP contribution in [0.25, 0.3) is 0 Å². The van der Waals surface area contributed by atoms with Crippen molar-refractivity contribution in [3.05, 3.63) is 11.3 Å². The minimum absolute atomic E-state index is 0.200. The number of rotatable bonds is 5. The zero-order valence-corrected chi connectivity index (χ0v) is 13.4. The van der Waals surface area contributed by atoms with Gasteiger partial charge in [-0.05, 0) is 26.3 Å². The molecule has 2 heterocycles. The Morgan fingerprint density at radius 2 is 2.15 bits per heavy atom. The molecule has 6 nitrogen and oxygen atoms in total. The van der Waals surface area contributed by atoms with E-state index in [1.165, 1.54) is 6.26 Å². The van der Waals surface area contributed by atoms with E-state index >= 15 is 0 Å². The molecule has 7 heteroatoms. The van der Waals surface area contributed by atoms with Gasteiger partial charge in [-0.25, -0.2) is 13.1 Å². The van der Waals surface area contributed by atoms with Gasteiger partial charge in [-0.15, -0.1) is 0 Å². The summed E-state index contributed by atoms with van der Waals surface area (Å²) in [5.41, 5.74) is 2.06. The first kappa shape index (κ1) is 15.3. The Morgan fingerprint density at radius 1 is 1.45 bits per heavy atom. The molecule has 0 aromatic carbocycles. The van der Waals surface area contributed by atoms with Gasteiger partial charge >= 0.3 is 0 Å². The average Bonchev–Trinajstić information content (AvgIpc) is 2.89. The van der Waals surface area contributed by atoms with Crippen LogP contribution in [0.4, 0.5) is 0 Å². The number of sulfone groups is 1. The molecule has 0 N–H and O–H groups in total. The van der Waals surface area contributed by atoms with E-state index in [1.54, 1.807) is 11.8 Å². The smallest absolute Gasteiger partial charge is 0.216 e. The highest BCUT2D eigenvalue weighted by Gasteiger charge is 2.32. The van der Waals surface area contributed by atoms with E-state index in [-0.39, 0.29) is 11.8 Å². The molecule has 0 amide bonds. The van der Waals surface area contributed by atoms with Gasteiger partial charge in [-0.2, -0.15) is 5.10 Å². The topological polar surface area (TPSA) is 64.4 Å². The Balaban J connectivity index is 2.23. The summed E-state index contributed by atoms with van der Waals surface area (Å²) in [5, 5.41) is 4.42. The number of hydrogen-bond donors (Lipinski definition) is 0. The van der Waals surface area contributed by atoms with Gasteiger partial charge in [0.25, 0.3) is 0 Å². The minimum atomic E-state index is -2.93. The van der Waals surface area contributed by atoms with Crippen molar-refractivity contribution < 1.29 is 13.2 Å². The third-order valence-corrected chi connectivity index (χ3v) is 4.78. The Morgan fingerprint density at radius 3 is 2.75 bits per heavy atom. The highest BCUT2D eigenvalue weighted by Crippen LogP contribution is 2.38. The van der Waals surface area contributed by atoms with Crippen molar-refractivity contribution in [2.75, 3.05) is 32.2 Å². The molecule has 1 saturated heterocycles. The monoisotopic (exact) mass is 301 g/mol. The van der Waals surface area contributed by atoms with Crippen LogP contribution in [-0.2, 0) is 16.9 Å². The van der Waals surface area contributed by atoms with Crippen molar-refractivity contribution in [2.45, 2.75) is 25.8 Å². The summed E-state index contributed by atoms with van der Waals surface area (Å²) in [4.78, 5) is 2.23. The number of ether oxygens (including phenoxy) is 1. The van der Waals surface area contributed by atoms with Crippen LogP contribution in [0.15, 0.2) is 0 Å². The van der Waals surface area contributed by atoms with Gasteiger partial charge in [0.05, 0.1) is 24.1 Å². The Labute approximate surface area is 120 Å². The number of likely N-dealkylation sites (tertiary alicyclic amines) is 1. The molecule has 0 bridgehead atoms. The molecule has 20 heavy (non-hydrogen) atoms. The largest absolute Gasteiger partial charge is 0.481 e. The summed E-state index contributed by atoms with van der Waals surface area (Å²) >= 11 is 0. The molecule has 0 aliphatic carbocycles. The van der Waals surface area contributed by atoms with Gasteiger partial charge in [0.15, 0.2) is 0 Å². The lowest BCUT2D eigenvalue weighted by molar-refractivity contribution is 0.263. The number of nitrogens with zero attached hydrogens (tertiary/aromatic N) is 3. The maximum atomic E-state index is 11.4. The Kier molecular flexibility index (Phi) is 4.39. The summed E-state index contributed by atoms with van der Waals surface area (Å²) in [6.07, 6.45) is 3.38. The zero-order valence-electron chi connectivity index (χ0n) is 12.6. The molecular formula is C13H23N3O3S. The molecule has 1 fully saturated rings. The molecule has 114 valence electrons. The van der Waals surface area contributed by atoms with Crippen molar-refractivity contribution in [1.29, 1.82) is 0 Å². The van der Waals surface area contributed by atoms with E-state index in [4.69, 9.17) is 4.74 Å². The SMILES string of the molecule is COc1c([C@@H]2CCCN2CCS(C)(=O)=O)c(C)nn1C. The maximum Gasteiger partial charge on any atom is 0.216 e. The van der Waals surface area contributed by atoms with Crippen LogP contribution >= 0.6 is 0 Å². The number of aromatic nitrogens is 2. The lowest BCUT2D eigenvalue weighted by Gasteiger charge is -2.24. The molecule has 1 atom stereocenters. The predicted molar refractivity (Wildman–Crippen MR) is 77.8 cm³/mol. The first-order chi connectivity index (χ1) is 9.33. The third-order valence-electron chi connectivity index (χ3n) is 3.85. The fraction of sp³-hybridized carbons (Fsp3) is 0.769. The summed E-state index contributed by atoms with van der Waals surface area (Å²) in [7, 11) is 0.583.